The Morgan fingerprint density at radius 1 is 1.06 bits per heavy atom. The molecule has 8 heteroatoms. The van der Waals surface area contributed by atoms with Gasteiger partial charge in [0.15, 0.2) is 0 Å². The molecule has 35 heavy (non-hydrogen) atoms. The Hall–Kier alpha value is -3.91. The highest BCUT2D eigenvalue weighted by atomic mass is 19.1. The average Bonchev–Trinajstić information content (AvgIpc) is 3.27. The summed E-state index contributed by atoms with van der Waals surface area (Å²) in [5.74, 6) is 0.897. The number of carbonyl (C=O) groups is 1. The smallest absolute Gasteiger partial charge is 0.246 e. The number of benzene rings is 3. The van der Waals surface area contributed by atoms with E-state index in [-0.39, 0.29) is 30.5 Å². The van der Waals surface area contributed by atoms with Gasteiger partial charge < -0.3 is 19.5 Å². The van der Waals surface area contributed by atoms with Crippen LogP contribution in [0.5, 0.6) is 11.5 Å². The van der Waals surface area contributed by atoms with Crippen LogP contribution in [0.3, 0.4) is 0 Å². The van der Waals surface area contributed by atoms with Crippen molar-refractivity contribution >= 4 is 16.8 Å². The molecule has 0 saturated carbocycles. The highest BCUT2D eigenvalue weighted by Crippen LogP contribution is 2.25. The maximum Gasteiger partial charge on any atom is 0.246 e. The van der Waals surface area contributed by atoms with Crippen LogP contribution < -0.4 is 14.8 Å². The van der Waals surface area contributed by atoms with Gasteiger partial charge in [0, 0.05) is 18.9 Å². The Kier molecular flexibility index (Phi) is 7.62. The molecule has 182 valence electrons. The molecule has 1 heterocycles. The molecule has 0 bridgehead atoms. The lowest BCUT2D eigenvalue weighted by atomic mass is 10.0. The van der Waals surface area contributed by atoms with Gasteiger partial charge in [-0.2, -0.15) is 5.10 Å². The molecule has 1 amide bonds. The third-order valence-electron chi connectivity index (χ3n) is 5.69. The molecule has 4 aromatic rings. The van der Waals surface area contributed by atoms with Gasteiger partial charge in [0.05, 0.1) is 30.6 Å². The summed E-state index contributed by atoms with van der Waals surface area (Å²) in [4.78, 5) is 12.2. The van der Waals surface area contributed by atoms with E-state index in [4.69, 9.17) is 14.2 Å². The standard InChI is InChI=1S/C27H28FN3O4/c1-18(30-27(32)17-33-2)26(14-19-5-4-6-23(13-19)34-3)35-24-11-12-25-20(15-24)16-29-31(25)22-9-7-21(28)8-10-22/h4-13,15-16,18,26H,14,17H2,1-3H3,(H,30,32). The first-order valence-electron chi connectivity index (χ1n) is 11.3. The highest BCUT2D eigenvalue weighted by Gasteiger charge is 2.22. The number of nitrogens with zero attached hydrogens (tertiary/aromatic N) is 2. The Morgan fingerprint density at radius 2 is 1.86 bits per heavy atom. The normalized spacial score (nSPS) is 12.8. The second-order valence-corrected chi connectivity index (χ2v) is 8.25. The molecule has 2 unspecified atom stereocenters. The number of hydrogen-bond acceptors (Lipinski definition) is 5. The second-order valence-electron chi connectivity index (χ2n) is 8.25. The van der Waals surface area contributed by atoms with Crippen molar-refractivity contribution in [2.75, 3.05) is 20.8 Å². The van der Waals surface area contributed by atoms with Crippen LogP contribution in [0.4, 0.5) is 4.39 Å². The van der Waals surface area contributed by atoms with Crippen LogP contribution in [0.25, 0.3) is 16.6 Å². The van der Waals surface area contributed by atoms with Gasteiger partial charge in [-0.25, -0.2) is 9.07 Å². The first kappa shape index (κ1) is 24.2. The molecule has 4 rings (SSSR count). The molecule has 0 aliphatic heterocycles. The molecule has 0 saturated heterocycles. The van der Waals surface area contributed by atoms with Crippen molar-refractivity contribution in [2.45, 2.75) is 25.5 Å². The maximum atomic E-state index is 13.3. The molecule has 3 aromatic carbocycles. The minimum absolute atomic E-state index is 0.0231. The highest BCUT2D eigenvalue weighted by molar-refractivity contribution is 5.81. The molecule has 1 aromatic heterocycles. The van der Waals surface area contributed by atoms with Crippen molar-refractivity contribution in [1.29, 1.82) is 0 Å². The fourth-order valence-electron chi connectivity index (χ4n) is 3.92. The average molecular weight is 478 g/mol. The van der Waals surface area contributed by atoms with Crippen molar-refractivity contribution in [3.05, 3.63) is 84.3 Å². The van der Waals surface area contributed by atoms with Crippen LogP contribution >= 0.6 is 0 Å². The van der Waals surface area contributed by atoms with Gasteiger partial charge >= 0.3 is 0 Å². The number of fused-ring (bicyclic) bond motifs is 1. The molecule has 2 atom stereocenters. The van der Waals surface area contributed by atoms with Crippen molar-refractivity contribution in [2.24, 2.45) is 0 Å². The lowest BCUT2D eigenvalue weighted by Crippen LogP contribution is -2.46. The van der Waals surface area contributed by atoms with Crippen LogP contribution in [0.15, 0.2) is 72.9 Å². The van der Waals surface area contributed by atoms with Gasteiger partial charge in [0.25, 0.3) is 0 Å². The summed E-state index contributed by atoms with van der Waals surface area (Å²) in [6.45, 7) is 1.88. The van der Waals surface area contributed by atoms with E-state index < -0.39 is 0 Å². The third-order valence-corrected chi connectivity index (χ3v) is 5.69. The van der Waals surface area contributed by atoms with E-state index in [9.17, 15) is 9.18 Å². The number of carbonyl (C=O) groups excluding carboxylic acids is 1. The number of methoxy groups -OCH3 is 2. The van der Waals surface area contributed by atoms with Crippen molar-refractivity contribution in [1.82, 2.24) is 15.1 Å². The summed E-state index contributed by atoms with van der Waals surface area (Å²) in [6, 6.07) is 19.3. The summed E-state index contributed by atoms with van der Waals surface area (Å²) in [7, 11) is 3.11. The fraction of sp³-hybridized carbons (Fsp3) is 0.259. The minimum atomic E-state index is -0.354. The largest absolute Gasteiger partial charge is 0.497 e. The fourth-order valence-corrected chi connectivity index (χ4v) is 3.92. The zero-order chi connectivity index (χ0) is 24.8. The maximum absolute atomic E-state index is 13.3. The molecule has 0 spiro atoms. The van der Waals surface area contributed by atoms with Crippen molar-refractivity contribution in [3.8, 4) is 17.2 Å². The van der Waals surface area contributed by atoms with Crippen molar-refractivity contribution < 1.29 is 23.4 Å². The van der Waals surface area contributed by atoms with E-state index in [2.05, 4.69) is 10.4 Å². The van der Waals surface area contributed by atoms with Gasteiger partial charge in [-0.1, -0.05) is 12.1 Å². The number of nitrogens with one attached hydrogen (secondary N) is 1. The van der Waals surface area contributed by atoms with Gasteiger partial charge in [0.2, 0.25) is 5.91 Å². The number of aromatic nitrogens is 2. The molecular weight excluding hydrogens is 449 g/mol. The Labute approximate surface area is 203 Å². The molecule has 0 fully saturated rings. The molecule has 1 N–H and O–H groups in total. The van der Waals surface area contributed by atoms with E-state index in [1.165, 1.54) is 19.2 Å². The first-order valence-corrected chi connectivity index (χ1v) is 11.3. The molecule has 7 nitrogen and oxygen atoms in total. The Morgan fingerprint density at radius 3 is 2.60 bits per heavy atom. The number of ether oxygens (including phenoxy) is 3. The quantitative estimate of drug-likeness (QED) is 0.368. The van der Waals surface area contributed by atoms with Gasteiger partial charge in [0.1, 0.15) is 30.0 Å². The second kappa shape index (κ2) is 11.0. The molecular formula is C27H28FN3O4. The zero-order valence-electron chi connectivity index (χ0n) is 19.9. The van der Waals surface area contributed by atoms with E-state index in [1.54, 1.807) is 30.1 Å². The van der Waals surface area contributed by atoms with Crippen LogP contribution in [0.2, 0.25) is 0 Å². The zero-order valence-corrected chi connectivity index (χ0v) is 19.9. The lowest BCUT2D eigenvalue weighted by molar-refractivity contribution is -0.126. The van der Waals surface area contributed by atoms with Crippen LogP contribution in [-0.2, 0) is 16.0 Å². The lowest BCUT2D eigenvalue weighted by Gasteiger charge is -2.26. The van der Waals surface area contributed by atoms with Gasteiger partial charge in [-0.05, 0) is 67.1 Å². The number of halogens is 1. The third kappa shape index (κ3) is 5.96. The minimum Gasteiger partial charge on any atom is -0.497 e. The molecule has 0 radical (unpaired) electrons. The monoisotopic (exact) mass is 477 g/mol. The summed E-state index contributed by atoms with van der Waals surface area (Å²) in [5.41, 5.74) is 2.66. The van der Waals surface area contributed by atoms with E-state index in [0.29, 0.717) is 12.2 Å². The Balaban J connectivity index is 1.58. The number of amides is 1. The Bertz CT molecular complexity index is 1290. The summed E-state index contributed by atoms with van der Waals surface area (Å²) in [6.07, 6.45) is 1.94. The van der Waals surface area contributed by atoms with Crippen LogP contribution in [0.1, 0.15) is 12.5 Å². The first-order chi connectivity index (χ1) is 17.0. The van der Waals surface area contributed by atoms with E-state index in [0.717, 1.165) is 27.9 Å². The van der Waals surface area contributed by atoms with Gasteiger partial charge in [-0.15, -0.1) is 0 Å². The predicted molar refractivity (Wildman–Crippen MR) is 132 cm³/mol. The SMILES string of the molecule is COCC(=O)NC(C)C(Cc1cccc(OC)c1)Oc1ccc2c(cnn2-c2ccc(F)cc2)c1. The summed E-state index contributed by atoms with van der Waals surface area (Å²) >= 11 is 0. The van der Waals surface area contributed by atoms with Crippen LogP contribution in [-0.4, -0.2) is 48.7 Å². The van der Waals surface area contributed by atoms with E-state index in [1.807, 2.05) is 49.4 Å². The van der Waals surface area contributed by atoms with Crippen LogP contribution in [0, 0.1) is 5.82 Å². The predicted octanol–water partition coefficient (Wildman–Crippen LogP) is 4.31. The number of rotatable bonds is 10. The topological polar surface area (TPSA) is 74.6 Å². The van der Waals surface area contributed by atoms with Crippen molar-refractivity contribution in [3.63, 3.8) is 0 Å². The van der Waals surface area contributed by atoms with Gasteiger partial charge in [-0.3, -0.25) is 4.79 Å². The summed E-state index contributed by atoms with van der Waals surface area (Å²) < 4.78 is 31.7. The number of hydrogen-bond donors (Lipinski definition) is 1. The van der Waals surface area contributed by atoms with E-state index >= 15 is 0 Å². The summed E-state index contributed by atoms with van der Waals surface area (Å²) in [5, 5.41) is 8.28. The molecule has 0 aliphatic carbocycles. The molecule has 0 aliphatic rings.